The molecule has 1 aromatic carbocycles. The lowest BCUT2D eigenvalue weighted by Crippen LogP contribution is -2.27. The minimum Gasteiger partial charge on any atom is -0.349 e. The number of hydrogen-bond acceptors (Lipinski definition) is 4. The number of amides is 1. The van der Waals surface area contributed by atoms with Gasteiger partial charge in [0, 0.05) is 35.9 Å². The number of nitrogens with one attached hydrogen (secondary N) is 1. The number of pyridine rings is 1. The third-order valence-corrected chi connectivity index (χ3v) is 4.50. The van der Waals surface area contributed by atoms with Gasteiger partial charge in [-0.3, -0.25) is 9.59 Å². The van der Waals surface area contributed by atoms with Gasteiger partial charge in [-0.15, -0.1) is 0 Å². The number of ketones is 1. The van der Waals surface area contributed by atoms with Crippen molar-refractivity contribution < 1.29 is 14.0 Å². The zero-order valence-corrected chi connectivity index (χ0v) is 15.7. The van der Waals surface area contributed by atoms with Gasteiger partial charge in [0.2, 0.25) is 5.91 Å². The maximum Gasteiger partial charge on any atom is 0.220 e. The number of aromatic nitrogens is 3. The van der Waals surface area contributed by atoms with Gasteiger partial charge in [-0.05, 0) is 50.2 Å². The lowest BCUT2D eigenvalue weighted by atomic mass is 10.1. The van der Waals surface area contributed by atoms with E-state index < -0.39 is 5.82 Å². The summed E-state index contributed by atoms with van der Waals surface area (Å²) in [6, 6.07) is 10.6. The largest absolute Gasteiger partial charge is 0.349 e. The molecule has 0 aliphatic rings. The van der Waals surface area contributed by atoms with Gasteiger partial charge in [0.05, 0.1) is 12.2 Å². The summed E-state index contributed by atoms with van der Waals surface area (Å²) < 4.78 is 14.6. The summed E-state index contributed by atoms with van der Waals surface area (Å²) in [6.45, 7) is 3.78. The third kappa shape index (κ3) is 4.49. The molecule has 3 aromatic rings. The van der Waals surface area contributed by atoms with Gasteiger partial charge in [-0.25, -0.2) is 14.1 Å². The monoisotopic (exact) mass is 380 g/mol. The van der Waals surface area contributed by atoms with Gasteiger partial charge in [0.1, 0.15) is 5.82 Å². The number of carbonyl (C=O) groups excluding carboxylic acids is 2. The highest BCUT2D eigenvalue weighted by atomic mass is 19.1. The summed E-state index contributed by atoms with van der Waals surface area (Å²) in [5.41, 5.74) is 2.16. The van der Waals surface area contributed by atoms with Crippen LogP contribution in [0.15, 0.2) is 54.9 Å². The molecule has 0 spiro atoms. The standard InChI is InChI=1S/C21H21FN4O2/c1-14(18-13-24-26(15(18)2)20-5-3-4-12-23-20)25-21(28)11-10-19(27)16-6-8-17(22)9-7-16/h3-9,12-14H,10-11H2,1-2H3,(H,25,28). The van der Waals surface area contributed by atoms with Crippen molar-refractivity contribution in [3.05, 3.63) is 77.5 Å². The molecule has 0 aliphatic heterocycles. The first kappa shape index (κ1) is 19.4. The molecule has 2 aromatic heterocycles. The van der Waals surface area contributed by atoms with Crippen molar-refractivity contribution in [2.45, 2.75) is 32.7 Å². The molecular weight excluding hydrogens is 359 g/mol. The molecule has 0 saturated carbocycles. The molecule has 1 amide bonds. The molecule has 1 atom stereocenters. The molecule has 1 N–H and O–H groups in total. The molecule has 28 heavy (non-hydrogen) atoms. The van der Waals surface area contributed by atoms with Crippen LogP contribution in [0.4, 0.5) is 4.39 Å². The van der Waals surface area contributed by atoms with Crippen molar-refractivity contribution >= 4 is 11.7 Å². The average molecular weight is 380 g/mol. The molecule has 144 valence electrons. The second kappa shape index (κ2) is 8.56. The van der Waals surface area contributed by atoms with E-state index >= 15 is 0 Å². The minimum absolute atomic E-state index is 0.0635. The molecule has 1 unspecified atom stereocenters. The van der Waals surface area contributed by atoms with E-state index in [1.807, 2.05) is 32.0 Å². The van der Waals surface area contributed by atoms with E-state index in [2.05, 4.69) is 15.4 Å². The van der Waals surface area contributed by atoms with Crippen LogP contribution in [0.2, 0.25) is 0 Å². The molecular formula is C21H21FN4O2. The molecule has 3 rings (SSSR count). The molecule has 0 saturated heterocycles. The van der Waals surface area contributed by atoms with Crippen LogP contribution < -0.4 is 5.32 Å². The third-order valence-electron chi connectivity index (χ3n) is 4.50. The van der Waals surface area contributed by atoms with Crippen LogP contribution in [0.3, 0.4) is 0 Å². The molecule has 0 fully saturated rings. The minimum atomic E-state index is -0.398. The number of nitrogens with zero attached hydrogens (tertiary/aromatic N) is 3. The Morgan fingerprint density at radius 2 is 1.89 bits per heavy atom. The Balaban J connectivity index is 1.58. The SMILES string of the molecule is Cc1c(C(C)NC(=O)CCC(=O)c2ccc(F)cc2)cnn1-c1ccccn1. The van der Waals surface area contributed by atoms with Crippen LogP contribution >= 0.6 is 0 Å². The maximum atomic E-state index is 12.9. The number of Topliss-reactive ketones (excluding diaryl/α,β-unsaturated/α-hetero) is 1. The fourth-order valence-corrected chi connectivity index (χ4v) is 2.96. The zero-order valence-electron chi connectivity index (χ0n) is 15.7. The summed E-state index contributed by atoms with van der Waals surface area (Å²) in [6.07, 6.45) is 3.53. The number of hydrogen-bond donors (Lipinski definition) is 1. The summed E-state index contributed by atoms with van der Waals surface area (Å²) in [7, 11) is 0. The van der Waals surface area contributed by atoms with Crippen LogP contribution in [0.25, 0.3) is 5.82 Å². The summed E-state index contributed by atoms with van der Waals surface area (Å²) in [4.78, 5) is 28.6. The first-order chi connectivity index (χ1) is 13.5. The molecule has 0 aliphatic carbocycles. The fourth-order valence-electron chi connectivity index (χ4n) is 2.96. The van der Waals surface area contributed by atoms with Crippen LogP contribution in [-0.2, 0) is 4.79 Å². The number of rotatable bonds is 7. The Hall–Kier alpha value is -3.35. The van der Waals surface area contributed by atoms with E-state index in [-0.39, 0.29) is 30.6 Å². The van der Waals surface area contributed by atoms with E-state index in [9.17, 15) is 14.0 Å². The Bertz CT molecular complexity index is 968. The van der Waals surface area contributed by atoms with Gasteiger partial charge in [0.25, 0.3) is 0 Å². The summed E-state index contributed by atoms with van der Waals surface area (Å²) in [5, 5.41) is 7.25. The average Bonchev–Trinajstić information content (AvgIpc) is 3.09. The highest BCUT2D eigenvalue weighted by Crippen LogP contribution is 2.19. The first-order valence-electron chi connectivity index (χ1n) is 8.99. The van der Waals surface area contributed by atoms with E-state index in [0.717, 1.165) is 11.3 Å². The molecule has 2 heterocycles. The summed E-state index contributed by atoms with van der Waals surface area (Å²) >= 11 is 0. The first-order valence-corrected chi connectivity index (χ1v) is 8.99. The molecule has 0 radical (unpaired) electrons. The maximum absolute atomic E-state index is 12.9. The Morgan fingerprint density at radius 3 is 2.57 bits per heavy atom. The van der Waals surface area contributed by atoms with Gasteiger partial charge in [-0.2, -0.15) is 5.10 Å². The fraction of sp³-hybridized carbons (Fsp3) is 0.238. The summed E-state index contributed by atoms with van der Waals surface area (Å²) in [5.74, 6) is -0.116. The topological polar surface area (TPSA) is 76.9 Å². The molecule has 0 bridgehead atoms. The highest BCUT2D eigenvalue weighted by molar-refractivity contribution is 5.97. The normalized spacial score (nSPS) is 11.8. The van der Waals surface area contributed by atoms with Crippen LogP contribution in [-0.4, -0.2) is 26.5 Å². The quantitative estimate of drug-likeness (QED) is 0.636. The van der Waals surface area contributed by atoms with E-state index in [1.54, 1.807) is 17.1 Å². The highest BCUT2D eigenvalue weighted by Gasteiger charge is 2.17. The van der Waals surface area contributed by atoms with Crippen LogP contribution in [0.5, 0.6) is 0 Å². The Labute approximate surface area is 162 Å². The Kier molecular flexibility index (Phi) is 5.93. The van der Waals surface area contributed by atoms with Crippen LogP contribution in [0, 0.1) is 12.7 Å². The van der Waals surface area contributed by atoms with E-state index in [4.69, 9.17) is 0 Å². The lowest BCUT2D eigenvalue weighted by Gasteiger charge is -2.14. The van der Waals surface area contributed by atoms with Crippen molar-refractivity contribution in [2.24, 2.45) is 0 Å². The zero-order chi connectivity index (χ0) is 20.1. The molecule has 6 nitrogen and oxygen atoms in total. The number of benzene rings is 1. The van der Waals surface area contributed by atoms with Crippen molar-refractivity contribution in [3.63, 3.8) is 0 Å². The number of carbonyl (C=O) groups is 2. The van der Waals surface area contributed by atoms with Crippen molar-refractivity contribution in [1.82, 2.24) is 20.1 Å². The van der Waals surface area contributed by atoms with Gasteiger partial charge in [-0.1, -0.05) is 6.07 Å². The van der Waals surface area contributed by atoms with Gasteiger partial charge in [0.15, 0.2) is 11.6 Å². The van der Waals surface area contributed by atoms with Crippen molar-refractivity contribution in [1.29, 1.82) is 0 Å². The van der Waals surface area contributed by atoms with Crippen molar-refractivity contribution in [3.8, 4) is 5.82 Å². The Morgan fingerprint density at radius 1 is 1.14 bits per heavy atom. The van der Waals surface area contributed by atoms with E-state index in [0.29, 0.717) is 11.4 Å². The second-order valence-electron chi connectivity index (χ2n) is 6.50. The number of halogens is 1. The van der Waals surface area contributed by atoms with Crippen molar-refractivity contribution in [2.75, 3.05) is 0 Å². The lowest BCUT2D eigenvalue weighted by molar-refractivity contribution is -0.121. The van der Waals surface area contributed by atoms with Crippen LogP contribution in [0.1, 0.15) is 47.4 Å². The smallest absolute Gasteiger partial charge is 0.220 e. The second-order valence-corrected chi connectivity index (χ2v) is 6.50. The van der Waals surface area contributed by atoms with Gasteiger partial charge >= 0.3 is 0 Å². The van der Waals surface area contributed by atoms with E-state index in [1.165, 1.54) is 24.3 Å². The molecule has 7 heteroatoms. The predicted octanol–water partition coefficient (Wildman–Crippen LogP) is 3.56. The predicted molar refractivity (Wildman–Crippen MR) is 103 cm³/mol. The van der Waals surface area contributed by atoms with Gasteiger partial charge < -0.3 is 5.32 Å².